The van der Waals surface area contributed by atoms with Crippen molar-refractivity contribution in [1.29, 1.82) is 0 Å². The Bertz CT molecular complexity index is 281. The summed E-state index contributed by atoms with van der Waals surface area (Å²) in [5.74, 6) is 1.49. The molecule has 19 heavy (non-hydrogen) atoms. The maximum absolute atomic E-state index is 12.4. The van der Waals surface area contributed by atoms with E-state index in [1.807, 2.05) is 11.9 Å². The Morgan fingerprint density at radius 1 is 1.21 bits per heavy atom. The van der Waals surface area contributed by atoms with Crippen LogP contribution in [-0.4, -0.2) is 62.0 Å². The molecule has 110 valence electrons. The molecule has 0 bridgehead atoms. The number of carbonyl (C=O) groups excluding carboxylic acids is 1. The Kier molecular flexibility index (Phi) is 5.64. The Hall–Kier alpha value is -0.610. The summed E-state index contributed by atoms with van der Waals surface area (Å²) in [7, 11) is 1.97. The van der Waals surface area contributed by atoms with Crippen LogP contribution in [0.1, 0.15) is 32.6 Å². The zero-order chi connectivity index (χ0) is 13.7. The van der Waals surface area contributed by atoms with Gasteiger partial charge in [-0.15, -0.1) is 0 Å². The van der Waals surface area contributed by atoms with Crippen molar-refractivity contribution in [3.63, 3.8) is 0 Å². The van der Waals surface area contributed by atoms with Crippen LogP contribution in [0.15, 0.2) is 0 Å². The van der Waals surface area contributed by atoms with Crippen LogP contribution in [0, 0.1) is 11.8 Å². The smallest absolute Gasteiger partial charge is 0.225 e. The number of nitrogens with zero attached hydrogens (tertiary/aromatic N) is 2. The van der Waals surface area contributed by atoms with Crippen molar-refractivity contribution >= 4 is 5.91 Å². The highest BCUT2D eigenvalue weighted by molar-refractivity contribution is 5.78. The molecule has 2 fully saturated rings. The van der Waals surface area contributed by atoms with Gasteiger partial charge in [0, 0.05) is 52.2 Å². The summed E-state index contributed by atoms with van der Waals surface area (Å²) in [5.41, 5.74) is 0. The van der Waals surface area contributed by atoms with Gasteiger partial charge in [0.1, 0.15) is 0 Å². The first kappa shape index (κ1) is 14.8. The number of carbonyl (C=O) groups is 1. The van der Waals surface area contributed by atoms with Gasteiger partial charge in [0.25, 0.3) is 0 Å². The van der Waals surface area contributed by atoms with Gasteiger partial charge in [-0.2, -0.15) is 0 Å². The number of likely N-dealkylation sites (N-methyl/N-ethyl adjacent to an activating group) is 1. The van der Waals surface area contributed by atoms with Gasteiger partial charge in [-0.1, -0.05) is 6.92 Å². The lowest BCUT2D eigenvalue weighted by Gasteiger charge is -2.32. The fourth-order valence-electron chi connectivity index (χ4n) is 3.16. The molecule has 0 aromatic rings. The summed E-state index contributed by atoms with van der Waals surface area (Å²) in [6.45, 7) is 8.59. The largest absolute Gasteiger partial charge is 0.344 e. The van der Waals surface area contributed by atoms with Gasteiger partial charge in [-0.25, -0.2) is 0 Å². The van der Waals surface area contributed by atoms with E-state index < -0.39 is 0 Å². The first-order valence-electron chi connectivity index (χ1n) is 7.85. The second kappa shape index (κ2) is 7.25. The van der Waals surface area contributed by atoms with Crippen molar-refractivity contribution in [3.05, 3.63) is 0 Å². The molecule has 1 heterocycles. The van der Waals surface area contributed by atoms with Crippen LogP contribution >= 0.6 is 0 Å². The highest BCUT2D eigenvalue weighted by Gasteiger charge is 2.26. The van der Waals surface area contributed by atoms with Gasteiger partial charge in [0.05, 0.1) is 0 Å². The molecule has 0 aromatic carbocycles. The molecule has 0 atom stereocenters. The lowest BCUT2D eigenvalue weighted by atomic mass is 9.82. The summed E-state index contributed by atoms with van der Waals surface area (Å²) in [6, 6.07) is 0. The van der Waals surface area contributed by atoms with Gasteiger partial charge < -0.3 is 10.2 Å². The monoisotopic (exact) mass is 267 g/mol. The maximum atomic E-state index is 12.4. The summed E-state index contributed by atoms with van der Waals surface area (Å²) in [6.07, 6.45) is 4.64. The highest BCUT2D eigenvalue weighted by atomic mass is 16.2. The molecule has 1 saturated carbocycles. The van der Waals surface area contributed by atoms with E-state index >= 15 is 0 Å². The molecule has 2 rings (SSSR count). The molecule has 1 aliphatic carbocycles. The second-order valence-electron chi connectivity index (χ2n) is 6.31. The normalized spacial score (nSPS) is 29.2. The van der Waals surface area contributed by atoms with E-state index in [1.165, 1.54) is 12.8 Å². The Morgan fingerprint density at radius 2 is 1.84 bits per heavy atom. The number of piperazine rings is 1. The first-order valence-corrected chi connectivity index (χ1v) is 7.85. The van der Waals surface area contributed by atoms with Crippen LogP contribution in [0.3, 0.4) is 0 Å². The van der Waals surface area contributed by atoms with Crippen molar-refractivity contribution in [2.24, 2.45) is 11.8 Å². The van der Waals surface area contributed by atoms with Gasteiger partial charge in [-0.05, 0) is 31.6 Å². The van der Waals surface area contributed by atoms with E-state index in [4.69, 9.17) is 0 Å². The minimum absolute atomic E-state index is 0.296. The van der Waals surface area contributed by atoms with Crippen LogP contribution in [0.2, 0.25) is 0 Å². The van der Waals surface area contributed by atoms with Gasteiger partial charge >= 0.3 is 0 Å². The van der Waals surface area contributed by atoms with Gasteiger partial charge in [-0.3, -0.25) is 9.69 Å². The summed E-state index contributed by atoms with van der Waals surface area (Å²) in [4.78, 5) is 16.8. The van der Waals surface area contributed by atoms with Crippen LogP contribution in [0.4, 0.5) is 0 Å². The molecule has 0 spiro atoms. The Labute approximate surface area is 117 Å². The Balaban J connectivity index is 1.69. The second-order valence-corrected chi connectivity index (χ2v) is 6.31. The number of hydrogen-bond acceptors (Lipinski definition) is 3. The van der Waals surface area contributed by atoms with Crippen LogP contribution in [0.25, 0.3) is 0 Å². The molecule has 4 nitrogen and oxygen atoms in total. The Morgan fingerprint density at radius 3 is 2.47 bits per heavy atom. The average molecular weight is 267 g/mol. The summed E-state index contributed by atoms with van der Waals surface area (Å²) < 4.78 is 0. The van der Waals surface area contributed by atoms with Crippen molar-refractivity contribution < 1.29 is 4.79 Å². The van der Waals surface area contributed by atoms with E-state index in [1.54, 1.807) is 0 Å². The number of nitrogens with one attached hydrogen (secondary N) is 1. The van der Waals surface area contributed by atoms with Crippen LogP contribution in [0.5, 0.6) is 0 Å². The zero-order valence-corrected chi connectivity index (χ0v) is 12.5. The number of hydrogen-bond donors (Lipinski definition) is 1. The number of rotatable bonds is 4. The first-order chi connectivity index (χ1) is 9.16. The molecule has 2 aliphatic rings. The lowest BCUT2D eigenvalue weighted by Crippen LogP contribution is -2.47. The van der Waals surface area contributed by atoms with E-state index in [-0.39, 0.29) is 0 Å². The number of amides is 1. The SMILES string of the molecule is CC1CCC(C(=O)N(C)CCN2CCNCC2)CC1. The van der Waals surface area contributed by atoms with Crippen LogP contribution < -0.4 is 5.32 Å². The van der Waals surface area contributed by atoms with E-state index in [9.17, 15) is 4.79 Å². The lowest BCUT2D eigenvalue weighted by molar-refractivity contribution is -0.135. The molecular formula is C15H29N3O. The standard InChI is InChI=1S/C15H29N3O/c1-13-3-5-14(6-4-13)15(19)17(2)11-12-18-9-7-16-8-10-18/h13-14,16H,3-12H2,1-2H3. The van der Waals surface area contributed by atoms with Gasteiger partial charge in [0.15, 0.2) is 0 Å². The maximum Gasteiger partial charge on any atom is 0.225 e. The molecule has 0 unspecified atom stereocenters. The van der Waals surface area contributed by atoms with Crippen molar-refractivity contribution in [3.8, 4) is 0 Å². The fourth-order valence-corrected chi connectivity index (χ4v) is 3.16. The molecule has 0 radical (unpaired) electrons. The van der Waals surface area contributed by atoms with Crippen molar-refractivity contribution in [2.75, 3.05) is 46.3 Å². The van der Waals surface area contributed by atoms with E-state index in [0.717, 1.165) is 58.0 Å². The molecule has 4 heteroatoms. The molecule has 1 aliphatic heterocycles. The molecular weight excluding hydrogens is 238 g/mol. The van der Waals surface area contributed by atoms with Crippen molar-refractivity contribution in [2.45, 2.75) is 32.6 Å². The predicted molar refractivity (Wildman–Crippen MR) is 78.1 cm³/mol. The quantitative estimate of drug-likeness (QED) is 0.831. The minimum Gasteiger partial charge on any atom is -0.344 e. The fraction of sp³-hybridized carbons (Fsp3) is 0.933. The predicted octanol–water partition coefficient (Wildman–Crippen LogP) is 1.18. The van der Waals surface area contributed by atoms with Gasteiger partial charge in [0.2, 0.25) is 5.91 Å². The van der Waals surface area contributed by atoms with Crippen LogP contribution in [-0.2, 0) is 4.79 Å². The minimum atomic E-state index is 0.296. The average Bonchev–Trinajstić information content (AvgIpc) is 2.46. The van der Waals surface area contributed by atoms with Crippen molar-refractivity contribution in [1.82, 2.24) is 15.1 Å². The van der Waals surface area contributed by atoms with E-state index in [2.05, 4.69) is 17.1 Å². The third kappa shape index (κ3) is 4.46. The van der Waals surface area contributed by atoms with E-state index in [0.29, 0.717) is 11.8 Å². The third-order valence-electron chi connectivity index (χ3n) is 4.70. The third-order valence-corrected chi connectivity index (χ3v) is 4.70. The molecule has 0 aromatic heterocycles. The molecule has 1 N–H and O–H groups in total. The summed E-state index contributed by atoms with van der Waals surface area (Å²) in [5, 5.41) is 3.36. The molecule has 1 saturated heterocycles. The topological polar surface area (TPSA) is 35.6 Å². The zero-order valence-electron chi connectivity index (χ0n) is 12.5. The summed E-state index contributed by atoms with van der Waals surface area (Å²) >= 11 is 0. The molecule has 1 amide bonds. The highest BCUT2D eigenvalue weighted by Crippen LogP contribution is 2.29.